The van der Waals surface area contributed by atoms with Crippen LogP contribution in [0.2, 0.25) is 0 Å². The second kappa shape index (κ2) is 15.1. The monoisotopic (exact) mass is 489 g/mol. The summed E-state index contributed by atoms with van der Waals surface area (Å²) >= 11 is 0. The number of hydrogen-bond donors (Lipinski definition) is 2. The Morgan fingerprint density at radius 3 is 2.44 bits per heavy atom. The number of hydrogen-bond acceptors (Lipinski definition) is 3. The number of halogens is 1. The van der Waals surface area contributed by atoms with E-state index in [9.17, 15) is 0 Å². The average Bonchev–Trinajstić information content (AvgIpc) is 2.68. The number of nitrogens with zero attached hydrogens (tertiary/aromatic N) is 1. The fraction of sp³-hybridized carbons (Fsp3) is 0.667. The van der Waals surface area contributed by atoms with Gasteiger partial charge in [-0.3, -0.25) is 0 Å². The molecule has 2 N–H and O–H groups in total. The average molecular weight is 489 g/mol. The van der Waals surface area contributed by atoms with Gasteiger partial charge in [-0.2, -0.15) is 0 Å². The van der Waals surface area contributed by atoms with Crippen LogP contribution in [0.5, 0.6) is 0 Å². The van der Waals surface area contributed by atoms with Crippen molar-refractivity contribution in [3.63, 3.8) is 0 Å². The number of aliphatic imine (C=N–C) groups is 1. The van der Waals surface area contributed by atoms with Crippen LogP contribution in [0.3, 0.4) is 0 Å². The van der Waals surface area contributed by atoms with Crippen molar-refractivity contribution >= 4 is 29.9 Å². The van der Waals surface area contributed by atoms with Gasteiger partial charge in [-0.15, -0.1) is 24.0 Å². The molecule has 154 valence electrons. The molecule has 1 aromatic carbocycles. The molecule has 0 aromatic heterocycles. The highest BCUT2D eigenvalue weighted by molar-refractivity contribution is 14.0. The summed E-state index contributed by atoms with van der Waals surface area (Å²) in [5, 5.41) is 6.70. The third-order valence-corrected chi connectivity index (χ3v) is 4.62. The Morgan fingerprint density at radius 2 is 1.78 bits per heavy atom. The molecule has 0 bridgehead atoms. The normalized spacial score (nSPS) is 15.3. The lowest BCUT2D eigenvalue weighted by molar-refractivity contribution is 0.0277. The SMILES string of the molecule is CCNC(=NCc1ccc(COC)cc1)NCCCOC1CCCCC1.I. The van der Waals surface area contributed by atoms with E-state index < -0.39 is 0 Å². The summed E-state index contributed by atoms with van der Waals surface area (Å²) in [4.78, 5) is 4.67. The van der Waals surface area contributed by atoms with E-state index >= 15 is 0 Å². The molecule has 1 aromatic rings. The highest BCUT2D eigenvalue weighted by atomic mass is 127. The molecule has 27 heavy (non-hydrogen) atoms. The zero-order valence-electron chi connectivity index (χ0n) is 16.8. The molecule has 0 radical (unpaired) electrons. The number of benzene rings is 1. The Hall–Kier alpha value is -0.860. The van der Waals surface area contributed by atoms with Gasteiger partial charge in [0.15, 0.2) is 5.96 Å². The van der Waals surface area contributed by atoms with Crippen molar-refractivity contribution < 1.29 is 9.47 Å². The van der Waals surface area contributed by atoms with Gasteiger partial charge in [0, 0.05) is 26.8 Å². The molecule has 0 aliphatic heterocycles. The minimum atomic E-state index is 0. The molecule has 1 aliphatic rings. The van der Waals surface area contributed by atoms with Crippen LogP contribution >= 0.6 is 24.0 Å². The first-order valence-corrected chi connectivity index (χ1v) is 10.0. The van der Waals surface area contributed by atoms with E-state index in [1.165, 1.54) is 43.2 Å². The Balaban J connectivity index is 0.00000364. The Morgan fingerprint density at radius 1 is 1.07 bits per heavy atom. The van der Waals surface area contributed by atoms with Crippen molar-refractivity contribution in [3.8, 4) is 0 Å². The van der Waals surface area contributed by atoms with Crippen LogP contribution in [-0.2, 0) is 22.6 Å². The van der Waals surface area contributed by atoms with Gasteiger partial charge in [0.2, 0.25) is 0 Å². The lowest BCUT2D eigenvalue weighted by Gasteiger charge is -2.22. The van der Waals surface area contributed by atoms with E-state index in [1.807, 2.05) is 0 Å². The van der Waals surface area contributed by atoms with E-state index in [4.69, 9.17) is 9.47 Å². The summed E-state index contributed by atoms with van der Waals surface area (Å²) in [5.74, 6) is 0.867. The zero-order valence-corrected chi connectivity index (χ0v) is 19.2. The quantitative estimate of drug-likeness (QED) is 0.223. The number of nitrogens with one attached hydrogen (secondary N) is 2. The number of methoxy groups -OCH3 is 1. The molecular formula is C21H36IN3O2. The molecule has 0 amide bonds. The first-order chi connectivity index (χ1) is 12.8. The predicted molar refractivity (Wildman–Crippen MR) is 123 cm³/mol. The van der Waals surface area contributed by atoms with E-state index in [-0.39, 0.29) is 24.0 Å². The molecule has 0 saturated heterocycles. The molecule has 0 atom stereocenters. The molecule has 0 heterocycles. The van der Waals surface area contributed by atoms with Crippen LogP contribution in [0.25, 0.3) is 0 Å². The predicted octanol–water partition coefficient (Wildman–Crippen LogP) is 4.25. The molecule has 1 fully saturated rings. The molecule has 6 heteroatoms. The summed E-state index contributed by atoms with van der Waals surface area (Å²) in [5.41, 5.74) is 2.38. The van der Waals surface area contributed by atoms with Gasteiger partial charge >= 0.3 is 0 Å². The highest BCUT2D eigenvalue weighted by Crippen LogP contribution is 2.20. The summed E-state index contributed by atoms with van der Waals surface area (Å²) < 4.78 is 11.1. The van der Waals surface area contributed by atoms with E-state index in [1.54, 1.807) is 7.11 Å². The van der Waals surface area contributed by atoms with Crippen LogP contribution < -0.4 is 10.6 Å². The van der Waals surface area contributed by atoms with Gasteiger partial charge in [0.05, 0.1) is 19.3 Å². The van der Waals surface area contributed by atoms with E-state index in [0.29, 0.717) is 19.3 Å². The van der Waals surface area contributed by atoms with Crippen molar-refractivity contribution in [2.45, 2.75) is 64.7 Å². The number of rotatable bonds is 10. The molecule has 5 nitrogen and oxygen atoms in total. The molecule has 2 rings (SSSR count). The highest BCUT2D eigenvalue weighted by Gasteiger charge is 2.12. The topological polar surface area (TPSA) is 54.9 Å². The van der Waals surface area contributed by atoms with Gasteiger partial charge in [-0.25, -0.2) is 4.99 Å². The molecular weight excluding hydrogens is 453 g/mol. The fourth-order valence-corrected chi connectivity index (χ4v) is 3.18. The molecule has 0 unspecified atom stereocenters. The fourth-order valence-electron chi connectivity index (χ4n) is 3.18. The molecule has 0 spiro atoms. The minimum absolute atomic E-state index is 0. The van der Waals surface area contributed by atoms with Crippen molar-refractivity contribution in [1.29, 1.82) is 0 Å². The Labute approximate surface area is 181 Å². The van der Waals surface area contributed by atoms with Gasteiger partial charge in [-0.1, -0.05) is 43.5 Å². The number of guanidine groups is 1. The summed E-state index contributed by atoms with van der Waals surface area (Å²) in [7, 11) is 1.72. The summed E-state index contributed by atoms with van der Waals surface area (Å²) in [6, 6.07) is 8.41. The lowest BCUT2D eigenvalue weighted by atomic mass is 9.98. The Bertz CT molecular complexity index is 517. The first-order valence-electron chi connectivity index (χ1n) is 10.0. The van der Waals surface area contributed by atoms with Crippen molar-refractivity contribution in [1.82, 2.24) is 10.6 Å². The van der Waals surface area contributed by atoms with Crippen LogP contribution in [-0.4, -0.2) is 38.9 Å². The van der Waals surface area contributed by atoms with Crippen LogP contribution in [0, 0.1) is 0 Å². The second-order valence-corrected chi connectivity index (χ2v) is 6.86. The van der Waals surface area contributed by atoms with Crippen LogP contribution in [0.4, 0.5) is 0 Å². The standard InChI is InChI=1S/C21H35N3O2.HI/c1-3-22-21(23-14-7-15-26-20-8-5-4-6-9-20)24-16-18-10-12-19(13-11-18)17-25-2;/h10-13,20H,3-9,14-17H2,1-2H3,(H2,22,23,24);1H. The van der Waals surface area contributed by atoms with Crippen molar-refractivity contribution in [2.75, 3.05) is 26.8 Å². The van der Waals surface area contributed by atoms with Gasteiger partial charge in [0.25, 0.3) is 0 Å². The van der Waals surface area contributed by atoms with Crippen molar-refractivity contribution in [3.05, 3.63) is 35.4 Å². The lowest BCUT2D eigenvalue weighted by Crippen LogP contribution is -2.38. The van der Waals surface area contributed by atoms with Gasteiger partial charge in [-0.05, 0) is 37.3 Å². The van der Waals surface area contributed by atoms with Gasteiger partial charge < -0.3 is 20.1 Å². The van der Waals surface area contributed by atoms with Gasteiger partial charge in [0.1, 0.15) is 0 Å². The third-order valence-electron chi connectivity index (χ3n) is 4.62. The number of ether oxygens (including phenoxy) is 2. The summed E-state index contributed by atoms with van der Waals surface area (Å²) in [6.45, 7) is 5.97. The maximum absolute atomic E-state index is 5.97. The zero-order chi connectivity index (χ0) is 18.5. The summed E-state index contributed by atoms with van der Waals surface area (Å²) in [6.07, 6.45) is 8.00. The maximum atomic E-state index is 5.97. The van der Waals surface area contributed by atoms with E-state index in [2.05, 4.69) is 46.8 Å². The van der Waals surface area contributed by atoms with Crippen LogP contribution in [0.15, 0.2) is 29.3 Å². The Kier molecular flexibility index (Phi) is 13.5. The first kappa shape index (κ1) is 24.2. The second-order valence-electron chi connectivity index (χ2n) is 6.86. The van der Waals surface area contributed by atoms with Crippen molar-refractivity contribution in [2.24, 2.45) is 4.99 Å². The smallest absolute Gasteiger partial charge is 0.191 e. The largest absolute Gasteiger partial charge is 0.380 e. The van der Waals surface area contributed by atoms with E-state index in [0.717, 1.165) is 32.1 Å². The molecule has 1 aliphatic carbocycles. The van der Waals surface area contributed by atoms with Crippen LogP contribution in [0.1, 0.15) is 56.6 Å². The molecule has 1 saturated carbocycles. The maximum Gasteiger partial charge on any atom is 0.191 e. The minimum Gasteiger partial charge on any atom is -0.380 e. The third kappa shape index (κ3) is 10.3.